The molecule has 122 valence electrons. The molecule has 6 nitrogen and oxygen atoms in total. The van der Waals surface area contributed by atoms with Crippen molar-refractivity contribution in [3.63, 3.8) is 0 Å². The third-order valence-corrected chi connectivity index (χ3v) is 3.61. The maximum atomic E-state index is 12.4. The molecule has 0 spiro atoms. The number of hydrogen-bond acceptors (Lipinski definition) is 4. The summed E-state index contributed by atoms with van der Waals surface area (Å²) in [6, 6.07) is -0.191. The van der Waals surface area contributed by atoms with Crippen LogP contribution in [-0.2, 0) is 14.3 Å². The average molecular weight is 300 g/mol. The first-order valence-corrected chi connectivity index (χ1v) is 7.70. The van der Waals surface area contributed by atoms with E-state index in [9.17, 15) is 9.59 Å². The molecule has 0 aromatic carbocycles. The highest BCUT2D eigenvalue weighted by atomic mass is 16.5. The summed E-state index contributed by atoms with van der Waals surface area (Å²) in [5.41, 5.74) is 0. The maximum Gasteiger partial charge on any atom is 0.303 e. The van der Waals surface area contributed by atoms with Crippen LogP contribution < -0.4 is 5.32 Å². The van der Waals surface area contributed by atoms with Crippen molar-refractivity contribution in [3.05, 3.63) is 0 Å². The molecule has 6 heteroatoms. The molecule has 3 unspecified atom stereocenters. The van der Waals surface area contributed by atoms with Crippen molar-refractivity contribution in [2.24, 2.45) is 5.92 Å². The molecule has 0 aromatic heterocycles. The van der Waals surface area contributed by atoms with E-state index in [1.165, 1.54) is 0 Å². The molecular weight excluding hydrogens is 272 g/mol. The van der Waals surface area contributed by atoms with Crippen LogP contribution in [0.4, 0.5) is 0 Å². The average Bonchev–Trinajstić information content (AvgIpc) is 2.32. The molecule has 1 heterocycles. The number of nitrogens with one attached hydrogen (secondary N) is 1. The Labute approximate surface area is 126 Å². The minimum absolute atomic E-state index is 0.0170. The first-order valence-electron chi connectivity index (χ1n) is 7.70. The number of amides is 1. The summed E-state index contributed by atoms with van der Waals surface area (Å²) in [6.07, 6.45) is 0.782. The van der Waals surface area contributed by atoms with Crippen molar-refractivity contribution in [1.82, 2.24) is 10.2 Å². The lowest BCUT2D eigenvalue weighted by Crippen LogP contribution is -2.57. The van der Waals surface area contributed by atoms with E-state index >= 15 is 0 Å². The second-order valence-electron chi connectivity index (χ2n) is 6.19. The Hall–Kier alpha value is -1.14. The summed E-state index contributed by atoms with van der Waals surface area (Å²) >= 11 is 0. The second-order valence-corrected chi connectivity index (χ2v) is 6.19. The van der Waals surface area contributed by atoms with E-state index in [0.29, 0.717) is 13.0 Å². The molecule has 1 amide bonds. The van der Waals surface area contributed by atoms with Crippen molar-refractivity contribution in [3.8, 4) is 0 Å². The van der Waals surface area contributed by atoms with Gasteiger partial charge in [-0.1, -0.05) is 13.8 Å². The van der Waals surface area contributed by atoms with Gasteiger partial charge in [0, 0.05) is 26.1 Å². The number of hydrogen-bond donors (Lipinski definition) is 2. The Bertz CT molecular complexity index is 350. The third-order valence-electron chi connectivity index (χ3n) is 3.61. The van der Waals surface area contributed by atoms with Gasteiger partial charge in [0.05, 0.1) is 18.2 Å². The number of ether oxygens (including phenoxy) is 1. The van der Waals surface area contributed by atoms with E-state index in [1.54, 1.807) is 0 Å². The summed E-state index contributed by atoms with van der Waals surface area (Å²) in [5.74, 6) is -0.654. The highest BCUT2D eigenvalue weighted by Crippen LogP contribution is 2.18. The van der Waals surface area contributed by atoms with Gasteiger partial charge in [0.15, 0.2) is 0 Å². The molecule has 1 aliphatic rings. The van der Waals surface area contributed by atoms with Gasteiger partial charge < -0.3 is 15.2 Å². The first kappa shape index (κ1) is 17.9. The summed E-state index contributed by atoms with van der Waals surface area (Å²) in [5, 5.41) is 11.5. The van der Waals surface area contributed by atoms with E-state index in [4.69, 9.17) is 9.84 Å². The predicted octanol–water partition coefficient (Wildman–Crippen LogP) is 1.10. The Morgan fingerprint density at radius 2 is 1.86 bits per heavy atom. The summed E-state index contributed by atoms with van der Waals surface area (Å²) < 4.78 is 5.71. The Morgan fingerprint density at radius 1 is 1.29 bits per heavy atom. The molecule has 1 aliphatic heterocycles. The van der Waals surface area contributed by atoms with E-state index < -0.39 is 5.97 Å². The maximum absolute atomic E-state index is 12.4. The monoisotopic (exact) mass is 300 g/mol. The van der Waals surface area contributed by atoms with E-state index in [2.05, 4.69) is 10.2 Å². The SMILES string of the molecule is CC1CN(C(C(=O)NCCCC(=O)O)C(C)C)CC(C)O1. The molecule has 0 aliphatic carbocycles. The number of carbonyl (C=O) groups excluding carboxylic acids is 1. The van der Waals surface area contributed by atoms with Crippen molar-refractivity contribution < 1.29 is 19.4 Å². The standard InChI is InChI=1S/C15H28N2O4/c1-10(2)14(15(20)16-7-5-6-13(18)19)17-8-11(3)21-12(4)9-17/h10-12,14H,5-9H2,1-4H3,(H,16,20)(H,18,19). The molecule has 1 saturated heterocycles. The van der Waals surface area contributed by atoms with Crippen LogP contribution in [0.25, 0.3) is 0 Å². The van der Waals surface area contributed by atoms with Crippen LogP contribution in [-0.4, -0.2) is 59.8 Å². The van der Waals surface area contributed by atoms with Crippen LogP contribution in [0.5, 0.6) is 0 Å². The molecular formula is C15H28N2O4. The van der Waals surface area contributed by atoms with Gasteiger partial charge in [-0.3, -0.25) is 14.5 Å². The third kappa shape index (κ3) is 6.01. The Balaban J connectivity index is 2.55. The van der Waals surface area contributed by atoms with E-state index in [1.807, 2.05) is 27.7 Å². The number of morpholine rings is 1. The molecule has 1 fully saturated rings. The minimum Gasteiger partial charge on any atom is -0.481 e. The predicted molar refractivity (Wildman–Crippen MR) is 80.1 cm³/mol. The lowest BCUT2D eigenvalue weighted by Gasteiger charge is -2.41. The molecule has 2 N–H and O–H groups in total. The van der Waals surface area contributed by atoms with Gasteiger partial charge in [0.1, 0.15) is 0 Å². The summed E-state index contributed by atoms with van der Waals surface area (Å²) in [4.78, 5) is 25.0. The van der Waals surface area contributed by atoms with Gasteiger partial charge in [0.25, 0.3) is 0 Å². The van der Waals surface area contributed by atoms with Crippen LogP contribution in [0.2, 0.25) is 0 Å². The molecule has 1 rings (SSSR count). The van der Waals surface area contributed by atoms with Gasteiger partial charge >= 0.3 is 5.97 Å². The van der Waals surface area contributed by atoms with Crippen molar-refractivity contribution in [2.75, 3.05) is 19.6 Å². The van der Waals surface area contributed by atoms with Gasteiger partial charge in [-0.05, 0) is 26.2 Å². The fourth-order valence-electron chi connectivity index (χ4n) is 2.89. The van der Waals surface area contributed by atoms with Crippen molar-refractivity contribution in [1.29, 1.82) is 0 Å². The molecule has 21 heavy (non-hydrogen) atoms. The van der Waals surface area contributed by atoms with E-state index in [-0.39, 0.29) is 36.5 Å². The van der Waals surface area contributed by atoms with Gasteiger partial charge in [-0.15, -0.1) is 0 Å². The zero-order valence-electron chi connectivity index (χ0n) is 13.5. The molecule has 0 bridgehead atoms. The van der Waals surface area contributed by atoms with Crippen LogP contribution in [0.1, 0.15) is 40.5 Å². The molecule has 0 radical (unpaired) electrons. The van der Waals surface area contributed by atoms with Crippen LogP contribution in [0.3, 0.4) is 0 Å². The number of rotatable bonds is 7. The fourth-order valence-corrected chi connectivity index (χ4v) is 2.89. The largest absolute Gasteiger partial charge is 0.481 e. The van der Waals surface area contributed by atoms with Gasteiger partial charge in [0.2, 0.25) is 5.91 Å². The molecule has 0 aromatic rings. The van der Waals surface area contributed by atoms with Crippen molar-refractivity contribution in [2.45, 2.75) is 58.8 Å². The normalized spacial score (nSPS) is 24.8. The lowest BCUT2D eigenvalue weighted by atomic mass is 9.99. The Morgan fingerprint density at radius 3 is 2.33 bits per heavy atom. The minimum atomic E-state index is -0.833. The highest BCUT2D eigenvalue weighted by molar-refractivity contribution is 5.82. The topological polar surface area (TPSA) is 78.9 Å². The lowest BCUT2D eigenvalue weighted by molar-refractivity contribution is -0.138. The fraction of sp³-hybridized carbons (Fsp3) is 0.867. The quantitative estimate of drug-likeness (QED) is 0.688. The highest BCUT2D eigenvalue weighted by Gasteiger charge is 2.33. The number of nitrogens with zero attached hydrogens (tertiary/aromatic N) is 1. The van der Waals surface area contributed by atoms with Crippen LogP contribution in [0.15, 0.2) is 0 Å². The smallest absolute Gasteiger partial charge is 0.303 e. The number of carbonyl (C=O) groups is 2. The van der Waals surface area contributed by atoms with Crippen LogP contribution >= 0.6 is 0 Å². The number of carboxylic acids is 1. The zero-order chi connectivity index (χ0) is 16.0. The van der Waals surface area contributed by atoms with Gasteiger partial charge in [-0.25, -0.2) is 0 Å². The summed E-state index contributed by atoms with van der Waals surface area (Å²) in [7, 11) is 0. The Kier molecular flexibility index (Phi) is 7.11. The number of aliphatic carboxylic acids is 1. The van der Waals surface area contributed by atoms with Crippen LogP contribution in [0, 0.1) is 5.92 Å². The number of carboxylic acid groups (broad SMARTS) is 1. The molecule has 0 saturated carbocycles. The van der Waals surface area contributed by atoms with E-state index in [0.717, 1.165) is 13.1 Å². The first-order chi connectivity index (χ1) is 9.81. The summed E-state index contributed by atoms with van der Waals surface area (Å²) in [6.45, 7) is 10.0. The second kappa shape index (κ2) is 8.34. The van der Waals surface area contributed by atoms with Crippen molar-refractivity contribution >= 4 is 11.9 Å². The van der Waals surface area contributed by atoms with Gasteiger partial charge in [-0.2, -0.15) is 0 Å². The molecule has 3 atom stereocenters. The zero-order valence-corrected chi connectivity index (χ0v) is 13.5.